The van der Waals surface area contributed by atoms with Crippen LogP contribution in [-0.2, 0) is 9.53 Å². The molecule has 0 aliphatic rings. The summed E-state index contributed by atoms with van der Waals surface area (Å²) in [5.74, 6) is -1.06. The monoisotopic (exact) mass is 249 g/mol. The molecule has 2 N–H and O–H groups in total. The molecule has 0 saturated heterocycles. The Balaban J connectivity index is 4.42. The van der Waals surface area contributed by atoms with E-state index in [-0.39, 0.29) is 5.25 Å². The zero-order valence-electron chi connectivity index (χ0n) is 10.2. The molecule has 0 saturated carbocycles. The van der Waals surface area contributed by atoms with Crippen molar-refractivity contribution in [1.29, 1.82) is 0 Å². The largest absolute Gasteiger partial charge is 0.480 e. The van der Waals surface area contributed by atoms with Crippen molar-refractivity contribution in [3.63, 3.8) is 0 Å². The van der Waals surface area contributed by atoms with Crippen molar-refractivity contribution in [1.82, 2.24) is 5.32 Å². The van der Waals surface area contributed by atoms with Gasteiger partial charge in [-0.1, -0.05) is 6.92 Å². The number of alkyl carbamates (subject to hydrolysis) is 1. The van der Waals surface area contributed by atoms with Gasteiger partial charge in [-0.2, -0.15) is 11.8 Å². The zero-order chi connectivity index (χ0) is 12.9. The van der Waals surface area contributed by atoms with Crippen molar-refractivity contribution in [2.75, 3.05) is 6.26 Å². The third-order valence-corrected chi connectivity index (χ3v) is 2.80. The van der Waals surface area contributed by atoms with Crippen LogP contribution in [0.2, 0.25) is 0 Å². The van der Waals surface area contributed by atoms with Crippen molar-refractivity contribution in [2.45, 2.75) is 44.6 Å². The number of ether oxygens (including phenoxy) is 1. The molecule has 0 rings (SSSR count). The maximum Gasteiger partial charge on any atom is 0.408 e. The number of carboxylic acid groups (broad SMARTS) is 1. The number of hydrogen-bond donors (Lipinski definition) is 2. The van der Waals surface area contributed by atoms with E-state index in [9.17, 15) is 9.59 Å². The Hall–Kier alpha value is -0.910. The van der Waals surface area contributed by atoms with Crippen molar-refractivity contribution in [3.8, 4) is 0 Å². The Labute approximate surface area is 99.9 Å². The molecular weight excluding hydrogens is 230 g/mol. The number of carbonyl (C=O) groups is 2. The van der Waals surface area contributed by atoms with E-state index < -0.39 is 23.7 Å². The number of carbonyl (C=O) groups excluding carboxylic acids is 1. The SMILES string of the molecule is CS[C@H](C)[C@H](NC(=O)OC(C)(C)C)C(=O)O. The molecule has 2 atom stereocenters. The van der Waals surface area contributed by atoms with Crippen LogP contribution < -0.4 is 5.32 Å². The summed E-state index contributed by atoms with van der Waals surface area (Å²) in [4.78, 5) is 22.3. The molecule has 0 heterocycles. The summed E-state index contributed by atoms with van der Waals surface area (Å²) < 4.78 is 4.99. The molecule has 0 aromatic heterocycles. The fourth-order valence-corrected chi connectivity index (χ4v) is 1.41. The number of carboxylic acids is 1. The summed E-state index contributed by atoms with van der Waals surface area (Å²) in [6.07, 6.45) is 1.08. The Bertz CT molecular complexity index is 262. The van der Waals surface area contributed by atoms with Gasteiger partial charge in [-0.3, -0.25) is 0 Å². The summed E-state index contributed by atoms with van der Waals surface area (Å²) in [6, 6.07) is -0.940. The third kappa shape index (κ3) is 5.85. The number of amides is 1. The highest BCUT2D eigenvalue weighted by atomic mass is 32.2. The van der Waals surface area contributed by atoms with Gasteiger partial charge in [0.1, 0.15) is 11.6 Å². The van der Waals surface area contributed by atoms with Gasteiger partial charge in [0.2, 0.25) is 0 Å². The lowest BCUT2D eigenvalue weighted by molar-refractivity contribution is -0.139. The van der Waals surface area contributed by atoms with E-state index in [1.54, 1.807) is 34.0 Å². The summed E-state index contributed by atoms with van der Waals surface area (Å²) in [5, 5.41) is 11.1. The molecule has 0 fully saturated rings. The molecule has 0 bridgehead atoms. The van der Waals surface area contributed by atoms with Gasteiger partial charge in [-0.15, -0.1) is 0 Å². The van der Waals surface area contributed by atoms with E-state index in [0.29, 0.717) is 0 Å². The fraction of sp³-hybridized carbons (Fsp3) is 0.800. The summed E-state index contributed by atoms with van der Waals surface area (Å²) >= 11 is 1.37. The first-order valence-electron chi connectivity index (χ1n) is 4.92. The van der Waals surface area contributed by atoms with Crippen LogP contribution in [0, 0.1) is 0 Å². The summed E-state index contributed by atoms with van der Waals surface area (Å²) in [7, 11) is 0. The normalized spacial score (nSPS) is 15.1. The second-order valence-electron chi connectivity index (χ2n) is 4.40. The van der Waals surface area contributed by atoms with E-state index in [2.05, 4.69) is 5.32 Å². The highest BCUT2D eigenvalue weighted by molar-refractivity contribution is 7.99. The summed E-state index contributed by atoms with van der Waals surface area (Å²) in [6.45, 7) is 6.90. The first kappa shape index (κ1) is 15.1. The van der Waals surface area contributed by atoms with Crippen LogP contribution in [0.1, 0.15) is 27.7 Å². The van der Waals surface area contributed by atoms with E-state index in [0.717, 1.165) is 0 Å². The number of thioether (sulfide) groups is 1. The Morgan fingerprint density at radius 3 is 2.19 bits per heavy atom. The van der Waals surface area contributed by atoms with Crippen molar-refractivity contribution in [2.24, 2.45) is 0 Å². The first-order valence-corrected chi connectivity index (χ1v) is 6.21. The second kappa shape index (κ2) is 5.98. The molecule has 0 aromatic rings. The van der Waals surface area contributed by atoms with Crippen LogP contribution in [0.4, 0.5) is 4.79 Å². The van der Waals surface area contributed by atoms with Crippen molar-refractivity contribution < 1.29 is 19.4 Å². The molecule has 0 aliphatic carbocycles. The minimum Gasteiger partial charge on any atom is -0.480 e. The minimum atomic E-state index is -1.06. The molecular formula is C10H19NO4S. The molecule has 0 aliphatic heterocycles. The standard InChI is InChI=1S/C10H19NO4S/c1-6(16-5)7(8(12)13)11-9(14)15-10(2,3)4/h6-7H,1-5H3,(H,11,14)(H,12,13)/t6-,7+/m1/s1. The zero-order valence-corrected chi connectivity index (χ0v) is 11.1. The lowest BCUT2D eigenvalue weighted by atomic mass is 10.2. The van der Waals surface area contributed by atoms with Gasteiger partial charge in [-0.05, 0) is 27.0 Å². The maximum absolute atomic E-state index is 11.4. The van der Waals surface area contributed by atoms with Gasteiger partial charge in [0.05, 0.1) is 0 Å². The number of hydrogen-bond acceptors (Lipinski definition) is 4. The maximum atomic E-state index is 11.4. The van der Waals surface area contributed by atoms with E-state index in [1.807, 2.05) is 0 Å². The average Bonchev–Trinajstić information content (AvgIpc) is 2.09. The average molecular weight is 249 g/mol. The Kier molecular flexibility index (Phi) is 5.64. The van der Waals surface area contributed by atoms with Gasteiger partial charge >= 0.3 is 12.1 Å². The minimum absolute atomic E-state index is 0.218. The second-order valence-corrected chi connectivity index (χ2v) is 5.62. The van der Waals surface area contributed by atoms with Crippen molar-refractivity contribution >= 4 is 23.8 Å². The van der Waals surface area contributed by atoms with E-state index >= 15 is 0 Å². The quantitative estimate of drug-likeness (QED) is 0.793. The van der Waals surface area contributed by atoms with Crippen LogP contribution in [0.5, 0.6) is 0 Å². The highest BCUT2D eigenvalue weighted by Crippen LogP contribution is 2.12. The molecule has 0 aromatic carbocycles. The lowest BCUT2D eigenvalue weighted by Crippen LogP contribution is -2.48. The highest BCUT2D eigenvalue weighted by Gasteiger charge is 2.28. The molecule has 1 amide bonds. The van der Waals surface area contributed by atoms with Gasteiger partial charge in [0, 0.05) is 5.25 Å². The van der Waals surface area contributed by atoms with E-state index in [1.165, 1.54) is 11.8 Å². The molecule has 6 heteroatoms. The van der Waals surface area contributed by atoms with E-state index in [4.69, 9.17) is 9.84 Å². The summed E-state index contributed by atoms with van der Waals surface area (Å²) in [5.41, 5.74) is -0.629. The fourth-order valence-electron chi connectivity index (χ4n) is 0.950. The smallest absolute Gasteiger partial charge is 0.408 e. The van der Waals surface area contributed by atoms with Crippen LogP contribution in [0.15, 0.2) is 0 Å². The Morgan fingerprint density at radius 1 is 1.38 bits per heavy atom. The van der Waals surface area contributed by atoms with Gasteiger partial charge in [0.15, 0.2) is 0 Å². The molecule has 5 nitrogen and oxygen atoms in total. The number of aliphatic carboxylic acids is 1. The number of rotatable bonds is 4. The molecule has 94 valence electrons. The first-order chi connectivity index (χ1) is 7.17. The van der Waals surface area contributed by atoms with Crippen LogP contribution in [0.25, 0.3) is 0 Å². The molecule has 0 spiro atoms. The third-order valence-electron chi connectivity index (χ3n) is 1.78. The predicted octanol–water partition coefficient (Wildman–Crippen LogP) is 1.72. The van der Waals surface area contributed by atoms with Crippen molar-refractivity contribution in [3.05, 3.63) is 0 Å². The van der Waals surface area contributed by atoms with Crippen LogP contribution >= 0.6 is 11.8 Å². The molecule has 16 heavy (non-hydrogen) atoms. The topological polar surface area (TPSA) is 75.6 Å². The van der Waals surface area contributed by atoms with Crippen LogP contribution in [0.3, 0.4) is 0 Å². The van der Waals surface area contributed by atoms with Crippen LogP contribution in [-0.4, -0.2) is 40.3 Å². The molecule has 0 radical (unpaired) electrons. The van der Waals surface area contributed by atoms with Gasteiger partial charge < -0.3 is 15.2 Å². The number of nitrogens with one attached hydrogen (secondary N) is 1. The predicted molar refractivity (Wildman–Crippen MR) is 63.8 cm³/mol. The van der Waals surface area contributed by atoms with Gasteiger partial charge in [0.25, 0.3) is 0 Å². The Morgan fingerprint density at radius 2 is 1.88 bits per heavy atom. The lowest BCUT2D eigenvalue weighted by Gasteiger charge is -2.24. The molecule has 0 unspecified atom stereocenters. The van der Waals surface area contributed by atoms with Gasteiger partial charge in [-0.25, -0.2) is 9.59 Å².